The third kappa shape index (κ3) is 6.68. The summed E-state index contributed by atoms with van der Waals surface area (Å²) in [7, 11) is 0. The van der Waals surface area contributed by atoms with Gasteiger partial charge in [-0.15, -0.1) is 0 Å². The van der Waals surface area contributed by atoms with Gasteiger partial charge in [0.2, 0.25) is 0 Å². The number of amides is 1. The minimum Gasteiger partial charge on any atom is -0.465 e. The van der Waals surface area contributed by atoms with Crippen LogP contribution in [0.15, 0.2) is 0 Å². The molecule has 0 aromatic heterocycles. The molecule has 0 aliphatic heterocycles. The Kier molecular flexibility index (Phi) is 8.27. The molecule has 0 rings (SSSR count). The average Bonchev–Trinajstić information content (AvgIpc) is 2.15. The minimum absolute atomic E-state index is 0.580. The van der Waals surface area contributed by atoms with Gasteiger partial charge in [-0.25, -0.2) is 4.79 Å². The van der Waals surface area contributed by atoms with E-state index in [1.54, 1.807) is 0 Å². The summed E-state index contributed by atoms with van der Waals surface area (Å²) in [4.78, 5) is 12.2. The molecule has 0 aliphatic carbocycles. The van der Waals surface area contributed by atoms with Crippen LogP contribution in [0.1, 0.15) is 25.7 Å². The van der Waals surface area contributed by atoms with E-state index in [4.69, 9.17) is 16.6 Å². The van der Waals surface area contributed by atoms with Crippen molar-refractivity contribution in [3.8, 4) is 0 Å². The Morgan fingerprint density at radius 2 is 1.43 bits per heavy atom. The van der Waals surface area contributed by atoms with Gasteiger partial charge in [0.1, 0.15) is 0 Å². The number of unbranched alkanes of at least 4 members (excludes halogenated alkanes) is 2. The molecule has 0 bridgehead atoms. The molecule has 0 atom stereocenters. The smallest absolute Gasteiger partial charge is 0.407 e. The van der Waals surface area contributed by atoms with Gasteiger partial charge >= 0.3 is 6.09 Å². The van der Waals surface area contributed by atoms with Gasteiger partial charge in [-0.3, -0.25) is 0 Å². The van der Waals surface area contributed by atoms with Gasteiger partial charge in [0, 0.05) is 13.1 Å². The van der Waals surface area contributed by atoms with Gasteiger partial charge in [0.05, 0.1) is 0 Å². The Hall–Kier alpha value is -0.810. The number of carbonyl (C=O) groups is 1. The molecule has 0 aromatic rings. The molecule has 0 unspecified atom stereocenters. The first kappa shape index (κ1) is 13.2. The van der Waals surface area contributed by atoms with E-state index in [9.17, 15) is 4.79 Å². The minimum atomic E-state index is -0.848. The van der Waals surface area contributed by atoms with Gasteiger partial charge in [0.15, 0.2) is 0 Å². The molecule has 0 aliphatic rings. The van der Waals surface area contributed by atoms with Crippen molar-refractivity contribution >= 4 is 6.09 Å². The van der Waals surface area contributed by atoms with Crippen LogP contribution < -0.4 is 11.5 Å². The van der Waals surface area contributed by atoms with E-state index in [2.05, 4.69) is 0 Å². The molecule has 0 saturated heterocycles. The van der Waals surface area contributed by atoms with Gasteiger partial charge in [-0.1, -0.05) is 0 Å². The summed E-state index contributed by atoms with van der Waals surface area (Å²) in [5, 5.41) is 8.84. The second kappa shape index (κ2) is 8.77. The number of hydrogen-bond acceptors (Lipinski definition) is 3. The Bertz CT molecular complexity index is 143. The van der Waals surface area contributed by atoms with Crippen molar-refractivity contribution in [1.29, 1.82) is 0 Å². The highest BCUT2D eigenvalue weighted by atomic mass is 16.4. The SMILES string of the molecule is NCCCCN(CCCCN)C(=O)O. The fraction of sp³-hybridized carbons (Fsp3) is 0.889. The highest BCUT2D eigenvalue weighted by Gasteiger charge is 2.09. The quantitative estimate of drug-likeness (QED) is 0.499. The molecular weight excluding hydrogens is 182 g/mol. The molecule has 0 saturated carbocycles. The topological polar surface area (TPSA) is 92.6 Å². The lowest BCUT2D eigenvalue weighted by Crippen LogP contribution is -2.32. The normalized spacial score (nSPS) is 10.1. The lowest BCUT2D eigenvalue weighted by atomic mass is 10.2. The monoisotopic (exact) mass is 203 g/mol. The zero-order valence-electron chi connectivity index (χ0n) is 8.61. The molecule has 0 radical (unpaired) electrons. The van der Waals surface area contributed by atoms with E-state index < -0.39 is 6.09 Å². The molecule has 5 heteroatoms. The summed E-state index contributed by atoms with van der Waals surface area (Å²) in [6.07, 6.45) is 2.58. The van der Waals surface area contributed by atoms with E-state index in [1.807, 2.05) is 0 Å². The van der Waals surface area contributed by atoms with Crippen LogP contribution >= 0.6 is 0 Å². The molecule has 0 fully saturated rings. The highest BCUT2D eigenvalue weighted by molar-refractivity contribution is 5.64. The molecule has 5 N–H and O–H groups in total. The summed E-state index contributed by atoms with van der Waals surface area (Å²) in [5.41, 5.74) is 10.7. The zero-order chi connectivity index (χ0) is 10.8. The zero-order valence-corrected chi connectivity index (χ0v) is 8.61. The van der Waals surface area contributed by atoms with E-state index >= 15 is 0 Å². The van der Waals surface area contributed by atoms with E-state index in [1.165, 1.54) is 4.90 Å². The standard InChI is InChI=1S/C9H21N3O2/c10-5-1-3-7-12(9(13)14)8-4-2-6-11/h1-8,10-11H2,(H,13,14). The average molecular weight is 203 g/mol. The number of nitrogens with zero attached hydrogens (tertiary/aromatic N) is 1. The number of nitrogens with two attached hydrogens (primary N) is 2. The van der Waals surface area contributed by atoms with Crippen molar-refractivity contribution in [2.45, 2.75) is 25.7 Å². The molecule has 14 heavy (non-hydrogen) atoms. The predicted octanol–water partition coefficient (Wildman–Crippen LogP) is 0.444. The Labute approximate surface area is 85.1 Å². The van der Waals surface area contributed by atoms with Crippen LogP contribution in [0.5, 0.6) is 0 Å². The third-order valence-electron chi connectivity index (χ3n) is 2.03. The second-order valence-electron chi connectivity index (χ2n) is 3.26. The lowest BCUT2D eigenvalue weighted by Gasteiger charge is -2.18. The predicted molar refractivity (Wildman–Crippen MR) is 56.2 cm³/mol. The highest BCUT2D eigenvalue weighted by Crippen LogP contribution is 1.98. The van der Waals surface area contributed by atoms with Crippen LogP contribution in [-0.2, 0) is 0 Å². The largest absolute Gasteiger partial charge is 0.465 e. The second-order valence-corrected chi connectivity index (χ2v) is 3.26. The van der Waals surface area contributed by atoms with Crippen molar-refractivity contribution in [3.63, 3.8) is 0 Å². The maximum Gasteiger partial charge on any atom is 0.407 e. The van der Waals surface area contributed by atoms with Crippen molar-refractivity contribution in [1.82, 2.24) is 4.90 Å². The molecule has 1 amide bonds. The first-order valence-corrected chi connectivity index (χ1v) is 5.10. The van der Waals surface area contributed by atoms with Crippen LogP contribution in [-0.4, -0.2) is 42.3 Å². The summed E-state index contributed by atoms with van der Waals surface area (Å²) in [5.74, 6) is 0. The van der Waals surface area contributed by atoms with Crippen LogP contribution in [0, 0.1) is 0 Å². The first-order valence-electron chi connectivity index (χ1n) is 5.10. The molecule has 0 spiro atoms. The number of rotatable bonds is 8. The molecule has 0 aromatic carbocycles. The molecule has 84 valence electrons. The summed E-state index contributed by atoms with van der Waals surface area (Å²) >= 11 is 0. The lowest BCUT2D eigenvalue weighted by molar-refractivity contribution is 0.143. The summed E-state index contributed by atoms with van der Waals surface area (Å²) in [6.45, 7) is 2.40. The fourth-order valence-electron chi connectivity index (χ4n) is 1.20. The van der Waals surface area contributed by atoms with E-state index in [0.717, 1.165) is 25.7 Å². The van der Waals surface area contributed by atoms with Crippen molar-refractivity contribution in [3.05, 3.63) is 0 Å². The first-order chi connectivity index (χ1) is 6.72. The van der Waals surface area contributed by atoms with Gasteiger partial charge < -0.3 is 21.5 Å². The van der Waals surface area contributed by atoms with Crippen LogP contribution in [0.25, 0.3) is 0 Å². The van der Waals surface area contributed by atoms with Gasteiger partial charge in [-0.05, 0) is 38.8 Å². The van der Waals surface area contributed by atoms with Gasteiger partial charge in [-0.2, -0.15) is 0 Å². The fourth-order valence-corrected chi connectivity index (χ4v) is 1.20. The maximum atomic E-state index is 10.8. The molecular formula is C9H21N3O2. The van der Waals surface area contributed by atoms with Gasteiger partial charge in [0.25, 0.3) is 0 Å². The van der Waals surface area contributed by atoms with Crippen molar-refractivity contribution < 1.29 is 9.90 Å². The summed E-state index contributed by atoms with van der Waals surface area (Å²) < 4.78 is 0. The summed E-state index contributed by atoms with van der Waals surface area (Å²) in [6, 6.07) is 0. The van der Waals surface area contributed by atoms with E-state index in [0.29, 0.717) is 26.2 Å². The Morgan fingerprint density at radius 3 is 1.71 bits per heavy atom. The van der Waals surface area contributed by atoms with Crippen LogP contribution in [0.4, 0.5) is 4.79 Å². The van der Waals surface area contributed by atoms with E-state index in [-0.39, 0.29) is 0 Å². The van der Waals surface area contributed by atoms with Crippen LogP contribution in [0.3, 0.4) is 0 Å². The van der Waals surface area contributed by atoms with Crippen molar-refractivity contribution in [2.75, 3.05) is 26.2 Å². The maximum absolute atomic E-state index is 10.8. The number of carboxylic acid groups (broad SMARTS) is 1. The molecule has 0 heterocycles. The van der Waals surface area contributed by atoms with Crippen molar-refractivity contribution in [2.24, 2.45) is 11.5 Å². The third-order valence-corrected chi connectivity index (χ3v) is 2.03. The molecule has 5 nitrogen and oxygen atoms in total. The Balaban J connectivity index is 3.61. The van der Waals surface area contributed by atoms with Crippen LogP contribution in [0.2, 0.25) is 0 Å². The Morgan fingerprint density at radius 1 is 1.00 bits per heavy atom. The number of hydrogen-bond donors (Lipinski definition) is 3.